The van der Waals surface area contributed by atoms with Crippen LogP contribution >= 0.6 is 0 Å². The number of allylic oxidation sites excluding steroid dienone is 18. The van der Waals surface area contributed by atoms with Crippen molar-refractivity contribution in [1.82, 2.24) is 0 Å². The lowest BCUT2D eigenvalue weighted by molar-refractivity contribution is -0.166. The molecular formula is C59H96O6. The second kappa shape index (κ2) is 52.7. The van der Waals surface area contributed by atoms with Crippen LogP contribution in [0.1, 0.15) is 226 Å². The fourth-order valence-electron chi connectivity index (χ4n) is 6.87. The maximum atomic E-state index is 12.8. The predicted octanol–water partition coefficient (Wildman–Crippen LogP) is 17.5. The van der Waals surface area contributed by atoms with E-state index in [1.165, 1.54) is 89.9 Å². The molecule has 0 fully saturated rings. The third-order valence-electron chi connectivity index (χ3n) is 10.9. The molecule has 0 saturated heterocycles. The molecule has 0 aliphatic heterocycles. The summed E-state index contributed by atoms with van der Waals surface area (Å²) in [6, 6.07) is 0. The van der Waals surface area contributed by atoms with E-state index in [0.29, 0.717) is 19.3 Å². The zero-order chi connectivity index (χ0) is 47.2. The Labute approximate surface area is 400 Å². The van der Waals surface area contributed by atoms with Gasteiger partial charge in [0.05, 0.1) is 0 Å². The number of carbonyl (C=O) groups is 3. The fraction of sp³-hybridized carbons (Fsp3) is 0.644. The van der Waals surface area contributed by atoms with Gasteiger partial charge in [-0.2, -0.15) is 0 Å². The summed E-state index contributed by atoms with van der Waals surface area (Å²) in [5, 5.41) is 0. The summed E-state index contributed by atoms with van der Waals surface area (Å²) in [7, 11) is 0. The fourth-order valence-corrected chi connectivity index (χ4v) is 6.87. The molecule has 0 aliphatic carbocycles. The molecule has 0 bridgehead atoms. The average Bonchev–Trinajstić information content (AvgIpc) is 3.30. The van der Waals surface area contributed by atoms with Crippen LogP contribution in [-0.2, 0) is 28.6 Å². The van der Waals surface area contributed by atoms with E-state index in [0.717, 1.165) is 83.5 Å². The molecule has 0 heterocycles. The van der Waals surface area contributed by atoms with Crippen LogP contribution < -0.4 is 0 Å². The van der Waals surface area contributed by atoms with Gasteiger partial charge < -0.3 is 14.2 Å². The van der Waals surface area contributed by atoms with E-state index in [1.807, 2.05) is 42.5 Å². The molecule has 6 heteroatoms. The van der Waals surface area contributed by atoms with Crippen LogP contribution in [0.25, 0.3) is 0 Å². The van der Waals surface area contributed by atoms with Gasteiger partial charge in [0.1, 0.15) is 13.2 Å². The van der Waals surface area contributed by atoms with Crippen LogP contribution in [0, 0.1) is 0 Å². The maximum absolute atomic E-state index is 12.8. The highest BCUT2D eigenvalue weighted by Gasteiger charge is 2.19. The molecule has 0 aliphatic rings. The summed E-state index contributed by atoms with van der Waals surface area (Å²) < 4.78 is 16.7. The van der Waals surface area contributed by atoms with Crippen LogP contribution in [0.15, 0.2) is 109 Å². The van der Waals surface area contributed by atoms with E-state index < -0.39 is 6.10 Å². The number of carbonyl (C=O) groups excluding carboxylic acids is 3. The number of hydrogen-bond donors (Lipinski definition) is 0. The summed E-state index contributed by atoms with van der Waals surface area (Å²) in [5.41, 5.74) is 0. The number of esters is 3. The Morgan fingerprint density at radius 2 is 0.677 bits per heavy atom. The molecule has 65 heavy (non-hydrogen) atoms. The van der Waals surface area contributed by atoms with Crippen molar-refractivity contribution >= 4 is 17.9 Å². The first-order chi connectivity index (χ1) is 32.0. The van der Waals surface area contributed by atoms with E-state index in [4.69, 9.17) is 14.2 Å². The van der Waals surface area contributed by atoms with Crippen LogP contribution in [0.4, 0.5) is 0 Å². The Balaban J connectivity index is 4.56. The Kier molecular flexibility index (Phi) is 49.5. The summed E-state index contributed by atoms with van der Waals surface area (Å²) >= 11 is 0. The molecule has 0 aromatic rings. The van der Waals surface area contributed by atoms with E-state index in [-0.39, 0.29) is 44.0 Å². The maximum Gasteiger partial charge on any atom is 0.306 e. The first-order valence-corrected chi connectivity index (χ1v) is 26.5. The van der Waals surface area contributed by atoms with Gasteiger partial charge in [-0.15, -0.1) is 0 Å². The van der Waals surface area contributed by atoms with Gasteiger partial charge in [-0.05, 0) is 83.5 Å². The minimum atomic E-state index is -0.827. The molecule has 0 rings (SSSR count). The third kappa shape index (κ3) is 50.9. The second-order valence-electron chi connectivity index (χ2n) is 17.2. The minimum absolute atomic E-state index is 0.121. The lowest BCUT2D eigenvalue weighted by Gasteiger charge is -2.18. The normalized spacial score (nSPS) is 13.0. The lowest BCUT2D eigenvalue weighted by Crippen LogP contribution is -2.30. The molecule has 0 saturated carbocycles. The largest absolute Gasteiger partial charge is 0.462 e. The second-order valence-corrected chi connectivity index (χ2v) is 17.2. The van der Waals surface area contributed by atoms with Crippen molar-refractivity contribution in [1.29, 1.82) is 0 Å². The zero-order valence-corrected chi connectivity index (χ0v) is 42.0. The molecule has 0 spiro atoms. The monoisotopic (exact) mass is 901 g/mol. The topological polar surface area (TPSA) is 78.9 Å². The Hall–Kier alpha value is -3.93. The van der Waals surface area contributed by atoms with Crippen molar-refractivity contribution in [3.05, 3.63) is 109 Å². The highest BCUT2D eigenvalue weighted by molar-refractivity contribution is 5.71. The first kappa shape index (κ1) is 61.1. The van der Waals surface area contributed by atoms with Gasteiger partial charge in [0.2, 0.25) is 0 Å². The molecule has 0 amide bonds. The number of ether oxygens (including phenoxy) is 3. The standard InChI is InChI=1S/C59H96O6/c1-4-7-10-13-16-19-22-25-27-29-30-32-34-37-40-43-46-49-52-58(61)64-55-56(54-63-57(60)51-48-45-42-39-36-33-24-21-18-15-12-9-6-3)65-59(62)53-50-47-44-41-38-35-31-28-26-23-20-17-14-11-8-5-2/h10,13,16,19,22,25,27-33,35-36,38,42,45,56H,4-9,11-12,14-15,17-18,20-21,23-24,26,34,37,39-41,43-44,46-55H2,1-3H3/b13-10+,19-16+,25-22+,29-27+,31-28+,32-30+,36-33+,38-35+,45-42+. The molecule has 6 nitrogen and oxygen atoms in total. The number of hydrogen-bond acceptors (Lipinski definition) is 6. The van der Waals surface area contributed by atoms with Crippen LogP contribution in [0.2, 0.25) is 0 Å². The van der Waals surface area contributed by atoms with Crippen molar-refractivity contribution in [2.45, 2.75) is 232 Å². The average molecular weight is 901 g/mol. The van der Waals surface area contributed by atoms with Gasteiger partial charge >= 0.3 is 17.9 Å². The highest BCUT2D eigenvalue weighted by atomic mass is 16.6. The molecule has 0 radical (unpaired) electrons. The number of unbranched alkanes of at least 4 members (excludes halogenated alkanes) is 22. The van der Waals surface area contributed by atoms with Gasteiger partial charge in [0, 0.05) is 19.3 Å². The van der Waals surface area contributed by atoms with E-state index in [1.54, 1.807) is 0 Å². The smallest absolute Gasteiger partial charge is 0.306 e. The van der Waals surface area contributed by atoms with Gasteiger partial charge in [0.15, 0.2) is 6.10 Å². The van der Waals surface area contributed by atoms with Crippen molar-refractivity contribution in [2.75, 3.05) is 13.2 Å². The SMILES string of the molecule is CCC/C=C/C=C/C=C/C=C/C=C/CCCCCCCC(=O)OCC(COC(=O)CC/C=C/C/C=C/CCCCCCCC)OC(=O)CCCCC/C=C/C=C/CCCCCCCCC. The molecule has 368 valence electrons. The van der Waals surface area contributed by atoms with E-state index in [9.17, 15) is 14.4 Å². The third-order valence-corrected chi connectivity index (χ3v) is 10.9. The molecule has 0 aromatic carbocycles. The highest BCUT2D eigenvalue weighted by Crippen LogP contribution is 2.12. The van der Waals surface area contributed by atoms with Crippen LogP contribution in [0.3, 0.4) is 0 Å². The Morgan fingerprint density at radius 1 is 0.323 bits per heavy atom. The Bertz CT molecular complexity index is 1360. The van der Waals surface area contributed by atoms with E-state index in [2.05, 4.69) is 87.6 Å². The quantitative estimate of drug-likeness (QED) is 0.0199. The summed E-state index contributed by atoms with van der Waals surface area (Å²) in [6.07, 6.45) is 70.8. The lowest BCUT2D eigenvalue weighted by atomic mass is 10.1. The van der Waals surface area contributed by atoms with Gasteiger partial charge in [-0.25, -0.2) is 0 Å². The Morgan fingerprint density at radius 3 is 1.17 bits per heavy atom. The summed E-state index contributed by atoms with van der Waals surface area (Å²) in [6.45, 7) is 6.43. The van der Waals surface area contributed by atoms with Crippen molar-refractivity contribution in [2.24, 2.45) is 0 Å². The minimum Gasteiger partial charge on any atom is -0.462 e. The van der Waals surface area contributed by atoms with Crippen molar-refractivity contribution in [3.63, 3.8) is 0 Å². The van der Waals surface area contributed by atoms with Crippen molar-refractivity contribution < 1.29 is 28.6 Å². The van der Waals surface area contributed by atoms with E-state index >= 15 is 0 Å². The summed E-state index contributed by atoms with van der Waals surface area (Å²) in [5.74, 6) is -1.05. The molecule has 1 unspecified atom stereocenters. The predicted molar refractivity (Wildman–Crippen MR) is 279 cm³/mol. The van der Waals surface area contributed by atoms with Gasteiger partial charge in [-0.3, -0.25) is 14.4 Å². The van der Waals surface area contributed by atoms with Gasteiger partial charge in [0.25, 0.3) is 0 Å². The first-order valence-electron chi connectivity index (χ1n) is 26.5. The zero-order valence-electron chi connectivity index (χ0n) is 42.0. The van der Waals surface area contributed by atoms with Crippen molar-refractivity contribution in [3.8, 4) is 0 Å². The van der Waals surface area contributed by atoms with Crippen LogP contribution in [0.5, 0.6) is 0 Å². The summed E-state index contributed by atoms with van der Waals surface area (Å²) in [4.78, 5) is 38.0. The number of rotatable bonds is 46. The van der Waals surface area contributed by atoms with Crippen LogP contribution in [-0.4, -0.2) is 37.2 Å². The van der Waals surface area contributed by atoms with Gasteiger partial charge in [-0.1, -0.05) is 233 Å². The molecular weight excluding hydrogens is 805 g/mol. The molecule has 0 aromatic heterocycles. The molecule has 0 N–H and O–H groups in total. The molecule has 1 atom stereocenters.